The monoisotopic (exact) mass is 1930 g/mol. The summed E-state index contributed by atoms with van der Waals surface area (Å²) in [5.74, 6) is 6.21. The first-order chi connectivity index (χ1) is 61.0. The molecule has 10 atom stereocenters. The van der Waals surface area contributed by atoms with Crippen LogP contribution in [0.2, 0.25) is 0 Å². The van der Waals surface area contributed by atoms with E-state index in [-0.39, 0.29) is 97.4 Å². The van der Waals surface area contributed by atoms with Gasteiger partial charge in [-0.15, -0.1) is 0 Å². The molecule has 0 spiro atoms. The van der Waals surface area contributed by atoms with Gasteiger partial charge < -0.3 is 84.4 Å². The molecule has 2 aliphatic heterocycles. The summed E-state index contributed by atoms with van der Waals surface area (Å²) in [6.45, 7) is 17.6. The number of ether oxygens (including phenoxy) is 7. The molecule has 726 valence electrons. The first kappa shape index (κ1) is 101. The minimum absolute atomic E-state index is 0. The minimum Gasteiger partial charge on any atom is -0.508 e. The molecule has 9 N–H and O–H groups in total. The number of nitrogens with two attached hydrogens (primary N) is 1. The lowest BCUT2D eigenvalue weighted by atomic mass is 9.97. The highest BCUT2D eigenvalue weighted by atomic mass is 79.9. The highest BCUT2D eigenvalue weighted by molar-refractivity contribution is 9.10. The van der Waals surface area contributed by atoms with Gasteiger partial charge in [0.2, 0.25) is 0 Å². The van der Waals surface area contributed by atoms with Crippen molar-refractivity contribution in [3.63, 3.8) is 0 Å². The number of aliphatic hydroxyl groups is 6. The Kier molecular flexibility index (Phi) is 41.1. The van der Waals surface area contributed by atoms with Crippen LogP contribution in [0.25, 0.3) is 0 Å². The maximum atomic E-state index is 11.9. The van der Waals surface area contributed by atoms with Crippen LogP contribution in [0, 0.1) is 29.6 Å². The van der Waals surface area contributed by atoms with E-state index >= 15 is 0 Å². The molecule has 127 heavy (non-hydrogen) atoms. The number of aliphatic hydroxyl groups excluding tert-OH is 6. The SMILES string of the molecule is Brc1ccc(OC2CC2)cc1.CC[C@@H](C)C(=O)c1ccc(OC2CC2)cc1.C[C@H](CN1CCCC1)[C@H](O)c1ccc(OC2CC2)cc1.C[C@H](CO)C(=O)c1ccc(OC2CC2)cc1.C[C@H](CO)[C@H](O)c1ccc(OC2CC2)cc1.C[C@H](COS(C)(=O)=O)[C@H](O)c1ccc(OC2CC2)cc1.N[C@H](CN1CCCC1)[C@H](O)c1ccc(OC2CC2)cc1.Oc1ccc(Br)cc1.[HH].[HH].[HH].[HH].[HH].[HH].[HH].[HH].[HH].[HH].[HH].[HH].[HH].[HH].[HH].[HH].[HH]. The third kappa shape index (κ3) is 38.5. The van der Waals surface area contributed by atoms with Crippen molar-refractivity contribution in [2.24, 2.45) is 35.3 Å². The Hall–Kier alpha value is -7.99. The number of ketones is 2. The molecule has 7 aliphatic carbocycles. The van der Waals surface area contributed by atoms with Crippen LogP contribution in [-0.4, -0.2) is 180 Å². The Morgan fingerprint density at radius 1 is 0.386 bits per heavy atom. The number of halogens is 2. The normalized spacial score (nSPS) is 18.7. The lowest BCUT2D eigenvalue weighted by molar-refractivity contribution is 0.0769. The van der Waals surface area contributed by atoms with Gasteiger partial charge in [0.1, 0.15) is 46.0 Å². The van der Waals surface area contributed by atoms with Crippen LogP contribution >= 0.6 is 31.9 Å². The van der Waals surface area contributed by atoms with Crippen LogP contribution in [0.15, 0.2) is 203 Å². The van der Waals surface area contributed by atoms with Crippen molar-refractivity contribution in [1.29, 1.82) is 0 Å². The van der Waals surface area contributed by atoms with E-state index in [1.807, 2.05) is 166 Å². The lowest BCUT2D eigenvalue weighted by Gasteiger charge is -2.24. The van der Waals surface area contributed by atoms with Gasteiger partial charge in [0, 0.05) is 93.7 Å². The van der Waals surface area contributed by atoms with Gasteiger partial charge in [0.05, 0.1) is 86.6 Å². The van der Waals surface area contributed by atoms with Gasteiger partial charge in [-0.3, -0.25) is 13.8 Å². The quantitative estimate of drug-likeness (QED) is 0.0134. The number of aromatic hydroxyl groups is 1. The fourth-order valence-electron chi connectivity index (χ4n) is 13.3. The number of nitrogens with zero attached hydrogens (tertiary/aromatic N) is 2. The van der Waals surface area contributed by atoms with Crippen LogP contribution in [0.1, 0.15) is 255 Å². The fourth-order valence-corrected chi connectivity index (χ4v) is 14.3. The van der Waals surface area contributed by atoms with Crippen LogP contribution in [0.3, 0.4) is 0 Å². The molecule has 8 aromatic carbocycles. The number of benzene rings is 8. The number of likely N-dealkylation sites (tertiary alicyclic amines) is 2. The van der Waals surface area contributed by atoms with E-state index in [4.69, 9.17) is 58.4 Å². The molecule has 2 saturated heterocycles. The topological polar surface area (TPSA) is 316 Å². The maximum Gasteiger partial charge on any atom is 0.264 e. The molecule has 0 radical (unpaired) electrons. The number of phenols is 1. The van der Waals surface area contributed by atoms with Crippen LogP contribution in [-0.2, 0) is 14.3 Å². The van der Waals surface area contributed by atoms with Crippen molar-refractivity contribution in [2.45, 2.75) is 237 Å². The molecule has 9 aliphatic rings. The second-order valence-electron chi connectivity index (χ2n) is 35.2. The number of carbonyl (C=O) groups is 2. The molecule has 0 bridgehead atoms. The van der Waals surface area contributed by atoms with Crippen LogP contribution in [0.5, 0.6) is 46.0 Å². The summed E-state index contributed by atoms with van der Waals surface area (Å²) in [4.78, 5) is 28.4. The van der Waals surface area contributed by atoms with Gasteiger partial charge in [-0.05, 0) is 322 Å². The molecular weight excluding hydrogens is 1760 g/mol. The summed E-state index contributed by atoms with van der Waals surface area (Å²) >= 11 is 6.61. The summed E-state index contributed by atoms with van der Waals surface area (Å²) in [5.41, 5.74) is 11.0. The van der Waals surface area contributed by atoms with Crippen molar-refractivity contribution in [2.75, 3.05) is 65.3 Å². The number of rotatable bonds is 36. The van der Waals surface area contributed by atoms with E-state index < -0.39 is 28.4 Å². The predicted octanol–water partition coefficient (Wildman–Crippen LogP) is 23.3. The number of hydrogen-bond acceptors (Lipinski definition) is 22. The minimum atomic E-state index is -3.48. The van der Waals surface area contributed by atoms with Crippen LogP contribution in [0.4, 0.5) is 0 Å². The second kappa shape index (κ2) is 51.6. The van der Waals surface area contributed by atoms with Gasteiger partial charge >= 0.3 is 0 Å². The molecule has 0 unspecified atom stereocenters. The summed E-state index contributed by atoms with van der Waals surface area (Å²) in [7, 11) is -3.48. The molecule has 17 rings (SSSR count). The Labute approximate surface area is 794 Å². The van der Waals surface area contributed by atoms with Crippen molar-refractivity contribution in [1.82, 2.24) is 9.80 Å². The van der Waals surface area contributed by atoms with Crippen molar-refractivity contribution in [3.05, 3.63) is 236 Å². The number of carbonyl (C=O) groups excluding carboxylic acids is 2. The van der Waals surface area contributed by atoms with E-state index in [9.17, 15) is 38.4 Å². The van der Waals surface area contributed by atoms with Gasteiger partial charge in [-0.1, -0.05) is 122 Å². The Bertz CT molecular complexity index is 4500. The maximum absolute atomic E-state index is 11.9. The Morgan fingerprint density at radius 3 is 0.921 bits per heavy atom. The summed E-state index contributed by atoms with van der Waals surface area (Å²) in [6.07, 6.45) is 23.6. The molecule has 22 nitrogen and oxygen atoms in total. The molecule has 8 aromatic rings. The van der Waals surface area contributed by atoms with Gasteiger partial charge in [-0.2, -0.15) is 8.42 Å². The number of Topliss-reactive ketones (excluding diaryl/α,β-unsaturated/α-hetero) is 2. The first-order valence-electron chi connectivity index (χ1n) is 45.6. The zero-order valence-corrected chi connectivity index (χ0v) is 78.7. The summed E-state index contributed by atoms with van der Waals surface area (Å²) < 4.78 is 68.1. The van der Waals surface area contributed by atoms with E-state index in [0.717, 1.165) is 180 Å². The predicted molar refractivity (Wildman–Crippen MR) is 539 cm³/mol. The zero-order chi connectivity index (χ0) is 90.9. The molecule has 2 heterocycles. The Morgan fingerprint density at radius 2 is 0.646 bits per heavy atom. The molecule has 7 saturated carbocycles. The van der Waals surface area contributed by atoms with E-state index in [1.165, 1.54) is 64.5 Å². The van der Waals surface area contributed by atoms with Crippen molar-refractivity contribution >= 4 is 53.5 Å². The highest BCUT2D eigenvalue weighted by Crippen LogP contribution is 2.36. The Balaban J connectivity index is -0.000000243. The smallest absolute Gasteiger partial charge is 0.264 e. The molecule has 0 amide bonds. The van der Waals surface area contributed by atoms with E-state index in [0.29, 0.717) is 54.0 Å². The highest BCUT2D eigenvalue weighted by Gasteiger charge is 2.31. The largest absolute Gasteiger partial charge is 0.508 e. The van der Waals surface area contributed by atoms with E-state index in [1.54, 1.807) is 62.4 Å². The van der Waals surface area contributed by atoms with Crippen molar-refractivity contribution in [3.8, 4) is 46.0 Å². The number of hydrogen-bond donors (Lipinski definition) is 8. The van der Waals surface area contributed by atoms with Crippen LogP contribution < -0.4 is 38.9 Å². The third-order valence-electron chi connectivity index (χ3n) is 22.6. The van der Waals surface area contributed by atoms with E-state index in [2.05, 4.69) is 48.6 Å². The average molecular weight is 1930 g/mol. The molecule has 9 fully saturated rings. The molecule has 0 aromatic heterocycles. The second-order valence-corrected chi connectivity index (χ2v) is 38.6. The van der Waals surface area contributed by atoms with Gasteiger partial charge in [-0.25, -0.2) is 0 Å². The standard InChI is InChI=1S/C17H25NO2.C16H24N2O2.C14H20O5S.C14H18O2.C13H18O3.C13H16O3.C9H9BrO.C6H5BrO.17H2/c1-13(12-18-10-2-3-11-18)17(19)14-4-6-15(7-5-14)20-16-8-9-16;17-15(11-18-9-1-2-10-18)16(19)12-3-5-13(6-4-12)20-14-7-8-14;1-10(9-18-20(2,16)17)14(15)11-3-5-12(6-4-11)19-13-7-8-13;1-3-10(2)14(15)11-4-6-12(7-5-11)16-13-8-9-13;2*1-9(8-14)13(15)10-2-4-11(5-3-10)16-12-6-7-12;10-7-1-3-8(4-2-7)11-9-5-6-9;7-5-1-3-6(8)4-2-5;;;;;;;;;;;;;;;;;/h4-7,13,16-17,19H,2-3,8-12H2,1H3;3-6,14-16,19H,1-2,7-11,17H2;3-6,10,13-15H,7-9H2,1-2H3;4-7,10,13H,3,8-9H2,1-2H3;2-5,9,12-15H,6-8H2,1H3;2-5,9,12,14H,6-8H2,1H3;1-4,9H,5-6H2;1-4,8H;17*1H/t13-,17+;15-,16-;10-,14+;10-;9-,13+;9-;;;;;;;;;;;;;;;;;;;/m111111.................../s1. The zero-order valence-electron chi connectivity index (χ0n) is 74.8. The third-order valence-corrected chi connectivity index (χ3v) is 24.3. The first-order valence-corrected chi connectivity index (χ1v) is 49.0. The van der Waals surface area contributed by atoms with Gasteiger partial charge in [0.25, 0.3) is 10.1 Å². The van der Waals surface area contributed by atoms with Gasteiger partial charge in [0.15, 0.2) is 11.6 Å². The fraction of sp³-hybridized carbons (Fsp3) is 0.510. The van der Waals surface area contributed by atoms with Crippen molar-refractivity contribution < 1.29 is 115 Å². The summed E-state index contributed by atoms with van der Waals surface area (Å²) in [5, 5.41) is 67.4. The summed E-state index contributed by atoms with van der Waals surface area (Å²) in [6, 6.07) is 59.6. The average Bonchev–Trinajstić information content (AvgIpc) is 1.39. The molecular formula is C102H169Br2N3O19S. The molecule has 25 heteroatoms. The number of phenolic OH excluding ortho intramolecular Hbond substituents is 1. The lowest BCUT2D eigenvalue weighted by Crippen LogP contribution is -2.40.